The van der Waals surface area contributed by atoms with Crippen LogP contribution in [0.5, 0.6) is 0 Å². The maximum absolute atomic E-state index is 13.5. The van der Waals surface area contributed by atoms with Crippen LogP contribution in [0, 0.1) is 6.92 Å². The van der Waals surface area contributed by atoms with Gasteiger partial charge in [0.2, 0.25) is 0 Å². The second-order valence-corrected chi connectivity index (χ2v) is 11.2. The quantitative estimate of drug-likeness (QED) is 0.323. The van der Waals surface area contributed by atoms with E-state index in [1.807, 2.05) is 33.9 Å². The first-order valence-electron chi connectivity index (χ1n) is 11.7. The monoisotopic (exact) mass is 557 g/mol. The third kappa shape index (κ3) is 4.79. The lowest BCUT2D eigenvalue weighted by molar-refractivity contribution is 0.0687. The Hall–Kier alpha value is -3.14. The fourth-order valence-corrected chi connectivity index (χ4v) is 5.47. The molecule has 1 aliphatic rings. The third-order valence-corrected chi connectivity index (χ3v) is 6.88. The minimum absolute atomic E-state index is 0.234. The number of pyridine rings is 1. The van der Waals surface area contributed by atoms with Crippen LogP contribution in [0.15, 0.2) is 47.8 Å². The molecule has 0 aliphatic carbocycles. The third-order valence-electron chi connectivity index (χ3n) is 6.10. The number of fused-ring (bicyclic) bond motifs is 2. The zero-order valence-electron chi connectivity index (χ0n) is 20.8. The van der Waals surface area contributed by atoms with E-state index in [2.05, 4.69) is 4.98 Å². The Morgan fingerprint density at radius 2 is 1.89 bits per heavy atom. The lowest BCUT2D eigenvalue weighted by atomic mass is 10.1. The zero-order valence-corrected chi connectivity index (χ0v) is 23.1. The summed E-state index contributed by atoms with van der Waals surface area (Å²) in [7, 11) is 0. The molecule has 0 radical (unpaired) electrons. The molecule has 5 rings (SSSR count). The van der Waals surface area contributed by atoms with Crippen LogP contribution in [-0.4, -0.2) is 46.8 Å². The summed E-state index contributed by atoms with van der Waals surface area (Å²) in [4.78, 5) is 32.5. The molecule has 0 unspecified atom stereocenters. The Kier molecular flexibility index (Phi) is 6.42. The van der Waals surface area contributed by atoms with E-state index < -0.39 is 5.60 Å². The Labute approximate surface area is 229 Å². The largest absolute Gasteiger partial charge is 0.465 e. The Balaban J connectivity index is 1.50. The van der Waals surface area contributed by atoms with Crippen molar-refractivity contribution < 1.29 is 9.53 Å². The second-order valence-electron chi connectivity index (χ2n) is 10.00. The number of aryl methyl sites for hydroxylation is 1. The van der Waals surface area contributed by atoms with E-state index in [1.54, 1.807) is 50.8 Å². The number of rotatable bonds is 3. The van der Waals surface area contributed by atoms with Crippen molar-refractivity contribution in [2.24, 2.45) is 0 Å². The topological polar surface area (TPSA) is 74.3 Å². The fourth-order valence-electron chi connectivity index (χ4n) is 4.49. The predicted octanol–water partition coefficient (Wildman–Crippen LogP) is 5.21. The Bertz CT molecular complexity index is 1630. The first-order valence-corrected chi connectivity index (χ1v) is 12.9. The molecule has 8 nitrogen and oxygen atoms in total. The molecule has 1 amide bonds. The number of hydrogen-bond donors (Lipinski definition) is 0. The smallest absolute Gasteiger partial charge is 0.275 e. The van der Waals surface area contributed by atoms with Gasteiger partial charge in [-0.1, -0.05) is 23.2 Å². The van der Waals surface area contributed by atoms with Crippen molar-refractivity contribution >= 4 is 57.4 Å². The minimum atomic E-state index is -0.499. The molecule has 1 aliphatic heterocycles. The van der Waals surface area contributed by atoms with Gasteiger partial charge in [0.05, 0.1) is 22.6 Å². The summed E-state index contributed by atoms with van der Waals surface area (Å²) in [6.45, 7) is 8.61. The van der Waals surface area contributed by atoms with Gasteiger partial charge >= 0.3 is 0 Å². The summed E-state index contributed by atoms with van der Waals surface area (Å²) in [6.07, 6.45) is 5.21. The highest BCUT2D eigenvalue weighted by molar-refractivity contribution is 7.80. The lowest BCUT2D eigenvalue weighted by Crippen LogP contribution is -2.44. The first kappa shape index (κ1) is 25.5. The SMILES string of the molecule is Cc1cn(-c2ccc3n(c2=O)CCN(Cc2cn(C(=S)OC(C)(C)C)c4c(Cl)cc(Cl)cc24)C3=O)cn1. The van der Waals surface area contributed by atoms with Crippen LogP contribution < -0.4 is 5.56 Å². The molecule has 192 valence electrons. The van der Waals surface area contributed by atoms with Crippen LogP contribution in [0.25, 0.3) is 16.6 Å². The van der Waals surface area contributed by atoms with Crippen molar-refractivity contribution in [1.82, 2.24) is 23.6 Å². The number of amides is 1. The molecule has 0 saturated carbocycles. The van der Waals surface area contributed by atoms with E-state index in [0.29, 0.717) is 40.0 Å². The maximum atomic E-state index is 13.5. The number of imidazole rings is 1. The molecular weight excluding hydrogens is 533 g/mol. The van der Waals surface area contributed by atoms with Crippen molar-refractivity contribution in [2.75, 3.05) is 6.54 Å². The number of hydrogen-bond acceptors (Lipinski definition) is 5. The van der Waals surface area contributed by atoms with E-state index in [9.17, 15) is 9.59 Å². The molecule has 0 spiro atoms. The Morgan fingerprint density at radius 1 is 1.14 bits per heavy atom. The van der Waals surface area contributed by atoms with Gasteiger partial charge in [-0.15, -0.1) is 0 Å². The highest BCUT2D eigenvalue weighted by atomic mass is 35.5. The molecule has 1 aromatic carbocycles. The van der Waals surface area contributed by atoms with Crippen LogP contribution in [-0.2, 0) is 17.8 Å². The van der Waals surface area contributed by atoms with Gasteiger partial charge in [0.25, 0.3) is 16.6 Å². The van der Waals surface area contributed by atoms with Gasteiger partial charge < -0.3 is 18.8 Å². The van der Waals surface area contributed by atoms with Gasteiger partial charge in [-0.05, 0) is 69.7 Å². The van der Waals surface area contributed by atoms with Gasteiger partial charge in [0.1, 0.15) is 17.0 Å². The molecule has 4 aromatic rings. The number of nitrogens with zero attached hydrogens (tertiary/aromatic N) is 5. The summed E-state index contributed by atoms with van der Waals surface area (Å²) < 4.78 is 10.8. The minimum Gasteiger partial charge on any atom is -0.465 e. The summed E-state index contributed by atoms with van der Waals surface area (Å²) >= 11 is 18.5. The van der Waals surface area contributed by atoms with Gasteiger partial charge in [0, 0.05) is 42.4 Å². The molecule has 0 saturated heterocycles. The number of aromatic nitrogens is 4. The zero-order chi connectivity index (χ0) is 26.6. The molecule has 0 N–H and O–H groups in total. The second kappa shape index (κ2) is 9.31. The molecular formula is C26H25Cl2N5O3S. The van der Waals surface area contributed by atoms with Gasteiger partial charge in [-0.2, -0.15) is 0 Å². The normalized spacial score (nSPS) is 13.8. The molecule has 11 heteroatoms. The number of ether oxygens (including phenoxy) is 1. The highest BCUT2D eigenvalue weighted by Crippen LogP contribution is 2.33. The van der Waals surface area contributed by atoms with Crippen molar-refractivity contribution in [3.8, 4) is 5.69 Å². The van der Waals surface area contributed by atoms with Gasteiger partial charge in [-0.25, -0.2) is 4.98 Å². The first-order chi connectivity index (χ1) is 17.4. The molecule has 4 heterocycles. The number of carbonyl (C=O) groups excluding carboxylic acids is 1. The van der Waals surface area contributed by atoms with Crippen molar-refractivity contribution in [3.63, 3.8) is 0 Å². The van der Waals surface area contributed by atoms with E-state index in [0.717, 1.165) is 16.6 Å². The number of halogens is 2. The molecule has 0 fully saturated rings. The van der Waals surface area contributed by atoms with Crippen molar-refractivity contribution in [2.45, 2.75) is 46.4 Å². The van der Waals surface area contributed by atoms with Crippen LogP contribution in [0.2, 0.25) is 10.0 Å². The van der Waals surface area contributed by atoms with Crippen LogP contribution in [0.1, 0.15) is 42.5 Å². The molecule has 0 bridgehead atoms. The maximum Gasteiger partial charge on any atom is 0.275 e. The summed E-state index contributed by atoms with van der Waals surface area (Å²) in [5.74, 6) is -0.237. The van der Waals surface area contributed by atoms with E-state index >= 15 is 0 Å². The number of carbonyl (C=O) groups is 1. The van der Waals surface area contributed by atoms with Gasteiger partial charge in [-0.3, -0.25) is 14.2 Å². The van der Waals surface area contributed by atoms with E-state index in [1.165, 1.54) is 4.57 Å². The molecule has 37 heavy (non-hydrogen) atoms. The average molecular weight is 558 g/mol. The van der Waals surface area contributed by atoms with E-state index in [4.69, 9.17) is 40.2 Å². The Morgan fingerprint density at radius 3 is 2.57 bits per heavy atom. The standard InChI is InChI=1S/C26H25Cl2N5O3S/c1-15-11-31(14-29-15)20-5-6-21-23(34)30(7-8-32(21)24(20)35)12-16-13-33(25(37)36-26(2,3)4)22-18(16)9-17(27)10-19(22)28/h5-6,9-11,13-14H,7-8,12H2,1-4H3. The van der Waals surface area contributed by atoms with Crippen LogP contribution >= 0.6 is 35.4 Å². The average Bonchev–Trinajstić information content (AvgIpc) is 3.39. The highest BCUT2D eigenvalue weighted by Gasteiger charge is 2.28. The van der Waals surface area contributed by atoms with Crippen molar-refractivity contribution in [1.29, 1.82) is 0 Å². The van der Waals surface area contributed by atoms with Crippen LogP contribution in [0.3, 0.4) is 0 Å². The van der Waals surface area contributed by atoms with Crippen LogP contribution in [0.4, 0.5) is 0 Å². The predicted molar refractivity (Wildman–Crippen MR) is 148 cm³/mol. The fraction of sp³-hybridized carbons (Fsp3) is 0.308. The summed E-state index contributed by atoms with van der Waals surface area (Å²) in [5.41, 5.74) is 2.33. The summed E-state index contributed by atoms with van der Waals surface area (Å²) in [5, 5.41) is 1.93. The molecule has 0 atom stereocenters. The summed E-state index contributed by atoms with van der Waals surface area (Å²) in [6, 6.07) is 6.80. The molecule has 3 aromatic heterocycles. The number of thiocarbonyl (C=S) groups is 1. The van der Waals surface area contributed by atoms with Crippen molar-refractivity contribution in [3.05, 3.63) is 80.3 Å². The number of benzene rings is 1. The van der Waals surface area contributed by atoms with Gasteiger partial charge in [0.15, 0.2) is 0 Å². The van der Waals surface area contributed by atoms with E-state index in [-0.39, 0.29) is 23.2 Å². The lowest BCUT2D eigenvalue weighted by Gasteiger charge is -2.29.